The molecule has 0 N–H and O–H groups in total. The third-order valence-corrected chi connectivity index (χ3v) is 3.93. The number of imidazole rings is 1. The van der Waals surface area contributed by atoms with E-state index >= 15 is 0 Å². The van der Waals surface area contributed by atoms with E-state index in [0.29, 0.717) is 13.2 Å². The van der Waals surface area contributed by atoms with Crippen LogP contribution in [0, 0.1) is 0 Å². The molecule has 2 aromatic rings. The van der Waals surface area contributed by atoms with Crippen molar-refractivity contribution < 1.29 is 9.47 Å². The lowest BCUT2D eigenvalue weighted by Crippen LogP contribution is -2.37. The second kappa shape index (κ2) is 5.04. The van der Waals surface area contributed by atoms with Crippen molar-refractivity contribution in [3.8, 4) is 0 Å². The quantitative estimate of drug-likeness (QED) is 0.858. The van der Waals surface area contributed by atoms with Crippen LogP contribution < -0.4 is 0 Å². The number of hydrogen-bond acceptors (Lipinski definition) is 3. The van der Waals surface area contributed by atoms with Crippen LogP contribution in [0.3, 0.4) is 0 Å². The molecule has 1 aromatic carbocycles. The van der Waals surface area contributed by atoms with E-state index < -0.39 is 11.4 Å². The molecule has 1 aliphatic rings. The Morgan fingerprint density at radius 1 is 1.30 bits per heavy atom. The summed E-state index contributed by atoms with van der Waals surface area (Å²) in [5, 5.41) is 0. The minimum absolute atomic E-state index is 0.391. The molecule has 2 unspecified atom stereocenters. The molecule has 0 radical (unpaired) electrons. The van der Waals surface area contributed by atoms with Crippen molar-refractivity contribution in [2.24, 2.45) is 0 Å². The molecule has 0 bridgehead atoms. The van der Waals surface area contributed by atoms with Gasteiger partial charge in [0.15, 0.2) is 5.79 Å². The van der Waals surface area contributed by atoms with E-state index in [1.54, 1.807) is 12.5 Å². The Kier molecular flexibility index (Phi) is 3.36. The number of ether oxygens (including phenoxy) is 2. The van der Waals surface area contributed by atoms with Gasteiger partial charge >= 0.3 is 0 Å². The molecule has 4 nitrogen and oxygen atoms in total. The fourth-order valence-electron chi connectivity index (χ4n) is 2.69. The Labute approximate surface area is 119 Å². The summed E-state index contributed by atoms with van der Waals surface area (Å²) in [6.45, 7) is 5.41. The molecular weight excluding hydrogens is 252 g/mol. The van der Waals surface area contributed by atoms with E-state index in [-0.39, 0.29) is 0 Å². The maximum Gasteiger partial charge on any atom is 0.187 e. The standard InChI is InChI=1S/C16H20N2O2/c1-3-16(11-18-10-9-17-13-18)19-12-15(2,20-16)14-7-5-4-6-8-14/h4-10,13H,3,11-12H2,1-2H3. The molecular formula is C16H20N2O2. The molecule has 20 heavy (non-hydrogen) atoms. The third kappa shape index (κ3) is 2.37. The third-order valence-electron chi connectivity index (χ3n) is 3.93. The molecule has 1 aliphatic heterocycles. The second-order valence-corrected chi connectivity index (χ2v) is 5.49. The van der Waals surface area contributed by atoms with Crippen LogP contribution in [0.1, 0.15) is 25.8 Å². The van der Waals surface area contributed by atoms with Crippen molar-refractivity contribution in [3.63, 3.8) is 0 Å². The maximum absolute atomic E-state index is 6.37. The lowest BCUT2D eigenvalue weighted by Gasteiger charge is -2.30. The minimum atomic E-state index is -0.578. The number of rotatable bonds is 4. The van der Waals surface area contributed by atoms with Crippen LogP contribution >= 0.6 is 0 Å². The van der Waals surface area contributed by atoms with Gasteiger partial charge in [0.25, 0.3) is 0 Å². The summed E-state index contributed by atoms with van der Waals surface area (Å²) in [4.78, 5) is 4.08. The van der Waals surface area contributed by atoms with Crippen molar-refractivity contribution >= 4 is 0 Å². The molecule has 2 heterocycles. The lowest BCUT2D eigenvalue weighted by molar-refractivity contribution is -0.197. The minimum Gasteiger partial charge on any atom is -0.345 e. The van der Waals surface area contributed by atoms with Gasteiger partial charge in [0, 0.05) is 18.8 Å². The van der Waals surface area contributed by atoms with Crippen LogP contribution in [-0.2, 0) is 21.6 Å². The van der Waals surface area contributed by atoms with Gasteiger partial charge < -0.3 is 14.0 Å². The first-order valence-electron chi connectivity index (χ1n) is 7.01. The summed E-state index contributed by atoms with van der Waals surface area (Å²) in [6.07, 6.45) is 6.30. The predicted molar refractivity (Wildman–Crippen MR) is 76.1 cm³/mol. The summed E-state index contributed by atoms with van der Waals surface area (Å²) < 4.78 is 14.4. The Bertz CT molecular complexity index is 555. The highest BCUT2D eigenvalue weighted by Crippen LogP contribution is 2.41. The fourth-order valence-corrected chi connectivity index (χ4v) is 2.69. The first-order valence-corrected chi connectivity index (χ1v) is 7.01. The van der Waals surface area contributed by atoms with E-state index in [9.17, 15) is 0 Å². The molecule has 106 valence electrons. The molecule has 4 heteroatoms. The van der Waals surface area contributed by atoms with Crippen LogP contribution in [0.4, 0.5) is 0 Å². The molecule has 0 amide bonds. The Hall–Kier alpha value is -1.65. The van der Waals surface area contributed by atoms with Gasteiger partial charge in [0.05, 0.1) is 19.5 Å². The molecule has 0 spiro atoms. The second-order valence-electron chi connectivity index (χ2n) is 5.49. The van der Waals surface area contributed by atoms with Crippen LogP contribution in [-0.4, -0.2) is 21.9 Å². The summed E-state index contributed by atoms with van der Waals surface area (Å²) in [5.74, 6) is -0.578. The van der Waals surface area contributed by atoms with Gasteiger partial charge in [-0.3, -0.25) is 0 Å². The van der Waals surface area contributed by atoms with Crippen molar-refractivity contribution in [3.05, 3.63) is 54.6 Å². The van der Waals surface area contributed by atoms with Crippen LogP contribution in [0.15, 0.2) is 49.1 Å². The monoisotopic (exact) mass is 272 g/mol. The predicted octanol–water partition coefficient (Wildman–Crippen LogP) is 2.95. The van der Waals surface area contributed by atoms with E-state index in [1.165, 1.54) is 0 Å². The van der Waals surface area contributed by atoms with Gasteiger partial charge in [-0.1, -0.05) is 37.3 Å². The zero-order chi connectivity index (χ0) is 14.1. The number of aromatic nitrogens is 2. The van der Waals surface area contributed by atoms with Crippen LogP contribution in [0.2, 0.25) is 0 Å². The van der Waals surface area contributed by atoms with E-state index in [4.69, 9.17) is 9.47 Å². The zero-order valence-corrected chi connectivity index (χ0v) is 12.0. The van der Waals surface area contributed by atoms with Crippen molar-refractivity contribution in [2.45, 2.75) is 38.2 Å². The molecule has 2 atom stereocenters. The highest BCUT2D eigenvalue weighted by atomic mass is 16.8. The first-order chi connectivity index (χ1) is 9.66. The molecule has 0 saturated carbocycles. The molecule has 1 aromatic heterocycles. The maximum atomic E-state index is 6.37. The Balaban J connectivity index is 1.83. The highest BCUT2D eigenvalue weighted by molar-refractivity contribution is 5.23. The topological polar surface area (TPSA) is 36.3 Å². The van der Waals surface area contributed by atoms with Gasteiger partial charge in [-0.15, -0.1) is 0 Å². The van der Waals surface area contributed by atoms with E-state index in [2.05, 4.69) is 31.0 Å². The van der Waals surface area contributed by atoms with Gasteiger partial charge in [-0.25, -0.2) is 4.98 Å². The van der Waals surface area contributed by atoms with Crippen LogP contribution in [0.5, 0.6) is 0 Å². The number of nitrogens with zero attached hydrogens (tertiary/aromatic N) is 2. The lowest BCUT2D eigenvalue weighted by atomic mass is 9.97. The number of hydrogen-bond donors (Lipinski definition) is 0. The zero-order valence-electron chi connectivity index (χ0n) is 12.0. The average molecular weight is 272 g/mol. The Morgan fingerprint density at radius 3 is 2.75 bits per heavy atom. The number of benzene rings is 1. The summed E-state index contributed by atoms with van der Waals surface area (Å²) in [6, 6.07) is 10.3. The van der Waals surface area contributed by atoms with Crippen molar-refractivity contribution in [1.29, 1.82) is 0 Å². The molecule has 0 aliphatic carbocycles. The fraction of sp³-hybridized carbons (Fsp3) is 0.438. The molecule has 1 saturated heterocycles. The molecule has 3 rings (SSSR count). The smallest absolute Gasteiger partial charge is 0.187 e. The van der Waals surface area contributed by atoms with E-state index in [1.807, 2.05) is 29.0 Å². The summed E-state index contributed by atoms with van der Waals surface area (Å²) in [7, 11) is 0. The van der Waals surface area contributed by atoms with Gasteiger partial charge in [-0.05, 0) is 12.5 Å². The largest absolute Gasteiger partial charge is 0.345 e. The SMILES string of the molecule is CCC1(Cn2ccnc2)OCC(C)(c2ccccc2)O1. The summed E-state index contributed by atoms with van der Waals surface area (Å²) >= 11 is 0. The average Bonchev–Trinajstić information content (AvgIpc) is 3.10. The van der Waals surface area contributed by atoms with E-state index in [0.717, 1.165) is 12.0 Å². The normalized spacial score (nSPS) is 29.7. The van der Waals surface area contributed by atoms with Gasteiger partial charge in [0.2, 0.25) is 0 Å². The summed E-state index contributed by atoms with van der Waals surface area (Å²) in [5.41, 5.74) is 0.763. The van der Waals surface area contributed by atoms with Crippen molar-refractivity contribution in [2.75, 3.05) is 6.61 Å². The molecule has 1 fully saturated rings. The Morgan fingerprint density at radius 2 is 2.10 bits per heavy atom. The van der Waals surface area contributed by atoms with Crippen LogP contribution in [0.25, 0.3) is 0 Å². The van der Waals surface area contributed by atoms with Gasteiger partial charge in [0.1, 0.15) is 5.60 Å². The first kappa shape index (κ1) is 13.3. The van der Waals surface area contributed by atoms with Crippen molar-refractivity contribution in [1.82, 2.24) is 9.55 Å². The van der Waals surface area contributed by atoms with Gasteiger partial charge in [-0.2, -0.15) is 0 Å². The highest BCUT2D eigenvalue weighted by Gasteiger charge is 2.48.